The van der Waals surface area contributed by atoms with Gasteiger partial charge in [0.25, 0.3) is 0 Å². The number of rotatable bonds is 1. The number of amides is 1. The largest absolute Gasteiger partial charge is 0.444 e. The lowest BCUT2D eigenvalue weighted by atomic mass is 10.00. The van der Waals surface area contributed by atoms with Crippen LogP contribution >= 0.6 is 0 Å². The molecule has 94 valence electrons. The summed E-state index contributed by atoms with van der Waals surface area (Å²) in [4.78, 5) is 13.6. The fraction of sp³-hybridized carbons (Fsp3) is 0.917. The van der Waals surface area contributed by atoms with E-state index in [0.717, 1.165) is 0 Å². The van der Waals surface area contributed by atoms with Crippen LogP contribution in [0.1, 0.15) is 41.0 Å². The number of hydrogen-bond acceptors (Lipinski definition) is 3. The summed E-state index contributed by atoms with van der Waals surface area (Å²) in [6, 6.07) is -0.116. The molecule has 0 saturated carbocycles. The molecule has 1 heterocycles. The van der Waals surface area contributed by atoms with Crippen molar-refractivity contribution in [1.82, 2.24) is 4.90 Å². The Labute approximate surface area is 97.6 Å². The van der Waals surface area contributed by atoms with E-state index in [0.29, 0.717) is 13.0 Å². The highest BCUT2D eigenvalue weighted by atomic mass is 16.6. The van der Waals surface area contributed by atoms with Gasteiger partial charge in [0.05, 0.1) is 12.1 Å². The summed E-state index contributed by atoms with van der Waals surface area (Å²) < 4.78 is 5.33. The quantitative estimate of drug-likeness (QED) is 0.748. The molecule has 1 aliphatic rings. The van der Waals surface area contributed by atoms with Gasteiger partial charge in [-0.2, -0.15) is 0 Å². The molecular formula is C12H23NO3. The summed E-state index contributed by atoms with van der Waals surface area (Å²) in [5.41, 5.74) is -0.480. The first-order chi connectivity index (χ1) is 7.22. The van der Waals surface area contributed by atoms with Crippen molar-refractivity contribution >= 4 is 6.09 Å². The van der Waals surface area contributed by atoms with Gasteiger partial charge < -0.3 is 14.7 Å². The van der Waals surface area contributed by atoms with E-state index in [9.17, 15) is 9.90 Å². The molecule has 1 N–H and O–H groups in total. The molecule has 16 heavy (non-hydrogen) atoms. The lowest BCUT2D eigenvalue weighted by Crippen LogP contribution is -2.45. The SMILES string of the molecule is CC(C)[C@@H]1C(O)CCN1C(=O)OC(C)(C)C. The molecule has 4 nitrogen and oxygen atoms in total. The number of nitrogens with zero attached hydrogens (tertiary/aromatic N) is 1. The summed E-state index contributed by atoms with van der Waals surface area (Å²) >= 11 is 0. The van der Waals surface area contributed by atoms with Gasteiger partial charge in [0.2, 0.25) is 0 Å². The summed E-state index contributed by atoms with van der Waals surface area (Å²) in [5.74, 6) is 0.241. The lowest BCUT2D eigenvalue weighted by Gasteiger charge is -2.31. The Balaban J connectivity index is 2.69. The van der Waals surface area contributed by atoms with Gasteiger partial charge in [-0.1, -0.05) is 13.8 Å². The van der Waals surface area contributed by atoms with Crippen LogP contribution in [0.15, 0.2) is 0 Å². The zero-order valence-corrected chi connectivity index (χ0v) is 10.9. The zero-order chi connectivity index (χ0) is 12.5. The van der Waals surface area contributed by atoms with E-state index in [1.807, 2.05) is 34.6 Å². The highest BCUT2D eigenvalue weighted by molar-refractivity contribution is 5.69. The fourth-order valence-corrected chi connectivity index (χ4v) is 2.14. The van der Waals surface area contributed by atoms with E-state index in [1.54, 1.807) is 4.90 Å². The number of likely N-dealkylation sites (tertiary alicyclic amines) is 1. The highest BCUT2D eigenvalue weighted by Crippen LogP contribution is 2.26. The first kappa shape index (κ1) is 13.3. The second-order valence-corrected chi connectivity index (χ2v) is 5.76. The predicted octanol–water partition coefficient (Wildman–Crippen LogP) is 2.01. The molecule has 1 amide bonds. The standard InChI is InChI=1S/C12H23NO3/c1-8(2)10-9(14)6-7-13(10)11(15)16-12(3,4)5/h8-10,14H,6-7H2,1-5H3/t9?,10-/m1/s1. The average Bonchev–Trinajstić information content (AvgIpc) is 2.43. The molecule has 4 heteroatoms. The second kappa shape index (κ2) is 4.62. The summed E-state index contributed by atoms with van der Waals surface area (Å²) in [6.45, 7) is 10.2. The summed E-state index contributed by atoms with van der Waals surface area (Å²) in [7, 11) is 0. The van der Waals surface area contributed by atoms with Crippen molar-refractivity contribution in [3.63, 3.8) is 0 Å². The number of carbonyl (C=O) groups excluding carboxylic acids is 1. The minimum Gasteiger partial charge on any atom is -0.444 e. The molecule has 2 atom stereocenters. The van der Waals surface area contributed by atoms with Crippen LogP contribution in [0.25, 0.3) is 0 Å². The van der Waals surface area contributed by atoms with Crippen LogP contribution in [0.4, 0.5) is 4.79 Å². The Morgan fingerprint density at radius 1 is 1.44 bits per heavy atom. The third-order valence-electron chi connectivity index (χ3n) is 2.73. The van der Waals surface area contributed by atoms with Crippen LogP contribution in [-0.4, -0.2) is 40.4 Å². The molecule has 1 rings (SSSR count). The summed E-state index contributed by atoms with van der Waals surface area (Å²) in [6.07, 6.45) is -0.0995. The van der Waals surface area contributed by atoms with Crippen LogP contribution in [0.3, 0.4) is 0 Å². The number of hydrogen-bond donors (Lipinski definition) is 1. The molecule has 0 aliphatic carbocycles. The van der Waals surface area contributed by atoms with Crippen molar-refractivity contribution in [2.75, 3.05) is 6.54 Å². The van der Waals surface area contributed by atoms with Crippen LogP contribution in [0.2, 0.25) is 0 Å². The maximum absolute atomic E-state index is 11.9. The van der Waals surface area contributed by atoms with Gasteiger partial charge in [0.1, 0.15) is 5.60 Å². The average molecular weight is 229 g/mol. The van der Waals surface area contributed by atoms with E-state index in [4.69, 9.17) is 4.74 Å². The molecule has 0 bridgehead atoms. The molecule has 1 aliphatic heterocycles. The first-order valence-corrected chi connectivity index (χ1v) is 5.90. The monoisotopic (exact) mass is 229 g/mol. The molecule has 0 aromatic carbocycles. The predicted molar refractivity (Wildman–Crippen MR) is 62.2 cm³/mol. The number of ether oxygens (including phenoxy) is 1. The maximum atomic E-state index is 11.9. The highest BCUT2D eigenvalue weighted by Gasteiger charge is 2.39. The molecule has 0 radical (unpaired) electrons. The fourth-order valence-electron chi connectivity index (χ4n) is 2.14. The van der Waals surface area contributed by atoms with Crippen molar-refractivity contribution in [3.8, 4) is 0 Å². The lowest BCUT2D eigenvalue weighted by molar-refractivity contribution is 0.00892. The van der Waals surface area contributed by atoms with Crippen molar-refractivity contribution in [3.05, 3.63) is 0 Å². The Kier molecular flexibility index (Phi) is 3.84. The minimum atomic E-state index is -0.480. The van der Waals surface area contributed by atoms with E-state index < -0.39 is 11.7 Å². The Morgan fingerprint density at radius 2 is 2.00 bits per heavy atom. The van der Waals surface area contributed by atoms with E-state index in [-0.39, 0.29) is 18.1 Å². The Bertz CT molecular complexity index is 257. The van der Waals surface area contributed by atoms with Crippen LogP contribution in [0, 0.1) is 5.92 Å². The zero-order valence-electron chi connectivity index (χ0n) is 10.9. The van der Waals surface area contributed by atoms with Gasteiger partial charge in [-0.05, 0) is 33.1 Å². The van der Waals surface area contributed by atoms with Gasteiger partial charge in [-0.3, -0.25) is 0 Å². The molecule has 0 aromatic heterocycles. The second-order valence-electron chi connectivity index (χ2n) is 5.76. The number of aliphatic hydroxyl groups excluding tert-OH is 1. The molecule has 1 fully saturated rings. The van der Waals surface area contributed by atoms with Gasteiger partial charge in [0, 0.05) is 6.54 Å². The molecule has 0 aromatic rings. The van der Waals surface area contributed by atoms with Gasteiger partial charge >= 0.3 is 6.09 Å². The van der Waals surface area contributed by atoms with Crippen molar-refractivity contribution in [1.29, 1.82) is 0 Å². The third kappa shape index (κ3) is 3.11. The maximum Gasteiger partial charge on any atom is 0.410 e. The number of carbonyl (C=O) groups is 1. The van der Waals surface area contributed by atoms with E-state index >= 15 is 0 Å². The smallest absolute Gasteiger partial charge is 0.410 e. The molecule has 1 unspecified atom stereocenters. The van der Waals surface area contributed by atoms with Crippen molar-refractivity contribution < 1.29 is 14.6 Å². The van der Waals surface area contributed by atoms with Gasteiger partial charge in [0.15, 0.2) is 0 Å². The van der Waals surface area contributed by atoms with E-state index in [2.05, 4.69) is 0 Å². The van der Waals surface area contributed by atoms with Crippen molar-refractivity contribution in [2.24, 2.45) is 5.92 Å². The van der Waals surface area contributed by atoms with Crippen molar-refractivity contribution in [2.45, 2.75) is 58.8 Å². The van der Waals surface area contributed by atoms with Crippen LogP contribution < -0.4 is 0 Å². The van der Waals surface area contributed by atoms with Crippen LogP contribution in [0.5, 0.6) is 0 Å². The van der Waals surface area contributed by atoms with Gasteiger partial charge in [-0.15, -0.1) is 0 Å². The Hall–Kier alpha value is -0.770. The third-order valence-corrected chi connectivity index (χ3v) is 2.73. The first-order valence-electron chi connectivity index (χ1n) is 5.90. The number of aliphatic hydroxyl groups is 1. The topological polar surface area (TPSA) is 49.8 Å². The molecule has 0 spiro atoms. The minimum absolute atomic E-state index is 0.116. The van der Waals surface area contributed by atoms with Crippen LogP contribution in [-0.2, 0) is 4.74 Å². The normalized spacial score (nSPS) is 26.3. The van der Waals surface area contributed by atoms with Gasteiger partial charge in [-0.25, -0.2) is 4.79 Å². The summed E-state index contributed by atoms with van der Waals surface area (Å²) in [5, 5.41) is 9.83. The molecule has 1 saturated heterocycles. The van der Waals surface area contributed by atoms with E-state index in [1.165, 1.54) is 0 Å². The Morgan fingerprint density at radius 3 is 2.44 bits per heavy atom. The molecular weight excluding hydrogens is 206 g/mol.